The van der Waals surface area contributed by atoms with E-state index in [1.54, 1.807) is 36.4 Å². The molecule has 2 aromatic rings. The van der Waals surface area contributed by atoms with E-state index in [0.717, 1.165) is 22.2 Å². The highest BCUT2D eigenvalue weighted by Crippen LogP contribution is 2.25. The van der Waals surface area contributed by atoms with Gasteiger partial charge < -0.3 is 10.1 Å². The molecule has 0 aromatic heterocycles. The number of para-hydroxylation sites is 1. The number of fused-ring (bicyclic) bond motifs is 1. The molecule has 0 fully saturated rings. The third-order valence-electron chi connectivity index (χ3n) is 3.21. The predicted octanol–water partition coefficient (Wildman–Crippen LogP) is 4.19. The minimum atomic E-state index is -0.220. The number of nitrogens with one attached hydrogen (secondary N) is 1. The van der Waals surface area contributed by atoms with Gasteiger partial charge in [-0.25, -0.2) is 0 Å². The Morgan fingerprint density at radius 3 is 2.70 bits per heavy atom. The molecule has 0 aliphatic carbocycles. The first-order chi connectivity index (χ1) is 11.3. The van der Waals surface area contributed by atoms with Crippen LogP contribution in [-0.4, -0.2) is 5.91 Å². The van der Waals surface area contributed by atoms with E-state index in [-0.39, 0.29) is 5.91 Å². The van der Waals surface area contributed by atoms with E-state index >= 15 is 0 Å². The fraction of sp³-hybridized carbons (Fsp3) is 0. The van der Waals surface area contributed by atoms with Crippen LogP contribution in [0.5, 0.6) is 5.75 Å². The number of carbonyl (C=O) groups is 1. The minimum absolute atomic E-state index is 0.220. The van der Waals surface area contributed by atoms with Crippen molar-refractivity contribution in [2.24, 2.45) is 0 Å². The van der Waals surface area contributed by atoms with Crippen LogP contribution in [0.1, 0.15) is 5.56 Å². The van der Waals surface area contributed by atoms with Gasteiger partial charge in [-0.15, -0.1) is 0 Å². The Balaban J connectivity index is 1.78. The van der Waals surface area contributed by atoms with Gasteiger partial charge >= 0.3 is 0 Å². The first kappa shape index (κ1) is 14.9. The summed E-state index contributed by atoms with van der Waals surface area (Å²) in [6.07, 6.45) is 4.92. The first-order valence-electron chi connectivity index (χ1n) is 6.87. The zero-order valence-corrected chi connectivity index (χ0v) is 12.8. The number of nitriles is 1. The summed E-state index contributed by atoms with van der Waals surface area (Å²) in [4.78, 5) is 13.2. The molecule has 1 aliphatic heterocycles. The van der Waals surface area contributed by atoms with E-state index < -0.39 is 0 Å². The summed E-state index contributed by atoms with van der Waals surface area (Å²) < 4.78 is 5.48. The molecular weight excluding hydrogens is 308 g/mol. The van der Waals surface area contributed by atoms with Gasteiger partial charge in [-0.3, -0.25) is 4.79 Å². The second kappa shape index (κ2) is 6.86. The number of amides is 1. The highest BCUT2D eigenvalue weighted by atomic mass is 32.2. The van der Waals surface area contributed by atoms with Crippen molar-refractivity contribution < 1.29 is 9.53 Å². The Labute approximate surface area is 138 Å². The van der Waals surface area contributed by atoms with Crippen molar-refractivity contribution in [1.82, 2.24) is 0 Å². The minimum Gasteiger partial charge on any atom is -0.464 e. The zero-order valence-electron chi connectivity index (χ0n) is 12.0. The second-order valence-electron chi connectivity index (χ2n) is 4.73. The molecule has 0 unspecified atom stereocenters. The first-order valence-corrected chi connectivity index (χ1v) is 7.69. The van der Waals surface area contributed by atoms with Crippen molar-refractivity contribution in [3.05, 3.63) is 72.0 Å². The fourth-order valence-corrected chi connectivity index (χ4v) is 2.48. The lowest BCUT2D eigenvalue weighted by Crippen LogP contribution is -2.13. The molecule has 1 amide bonds. The number of ether oxygens (including phenoxy) is 1. The summed E-state index contributed by atoms with van der Waals surface area (Å²) in [5, 5.41) is 13.5. The number of thiocyanates is 1. The normalized spacial score (nSPS) is 12.2. The molecule has 0 radical (unpaired) electrons. The molecule has 2 aromatic carbocycles. The third-order valence-corrected chi connectivity index (χ3v) is 3.81. The number of benzene rings is 2. The topological polar surface area (TPSA) is 62.1 Å². The molecule has 4 nitrogen and oxygen atoms in total. The molecule has 23 heavy (non-hydrogen) atoms. The molecule has 0 saturated carbocycles. The van der Waals surface area contributed by atoms with E-state index in [4.69, 9.17) is 10.00 Å². The van der Waals surface area contributed by atoms with Gasteiger partial charge in [0.15, 0.2) is 0 Å². The van der Waals surface area contributed by atoms with Crippen molar-refractivity contribution in [3.63, 3.8) is 0 Å². The number of rotatable bonds is 3. The van der Waals surface area contributed by atoms with Crippen molar-refractivity contribution >= 4 is 29.4 Å². The highest BCUT2D eigenvalue weighted by molar-refractivity contribution is 8.03. The lowest BCUT2D eigenvalue weighted by atomic mass is 10.1. The van der Waals surface area contributed by atoms with Crippen LogP contribution in [0.15, 0.2) is 71.3 Å². The molecular formula is C18H12N2O2S. The molecule has 1 N–H and O–H groups in total. The Morgan fingerprint density at radius 2 is 1.91 bits per heavy atom. The van der Waals surface area contributed by atoms with Gasteiger partial charge in [0.2, 0.25) is 0 Å². The Kier molecular flexibility index (Phi) is 4.46. The van der Waals surface area contributed by atoms with Crippen LogP contribution in [-0.2, 0) is 4.79 Å². The van der Waals surface area contributed by atoms with Crippen molar-refractivity contribution in [3.8, 4) is 11.2 Å². The number of anilines is 1. The molecule has 1 heterocycles. The maximum Gasteiger partial charge on any atom is 0.255 e. The number of nitrogens with zero attached hydrogens (tertiary/aromatic N) is 1. The van der Waals surface area contributed by atoms with Gasteiger partial charge in [-0.05, 0) is 54.2 Å². The van der Waals surface area contributed by atoms with E-state index in [1.165, 1.54) is 6.26 Å². The van der Waals surface area contributed by atoms with Crippen LogP contribution in [0, 0.1) is 10.7 Å². The fourth-order valence-electron chi connectivity index (χ4n) is 2.11. The summed E-state index contributed by atoms with van der Waals surface area (Å²) in [7, 11) is 0. The van der Waals surface area contributed by atoms with Crippen LogP contribution in [0.25, 0.3) is 6.08 Å². The van der Waals surface area contributed by atoms with Gasteiger partial charge in [-0.1, -0.05) is 18.2 Å². The Bertz CT molecular complexity index is 833. The monoisotopic (exact) mass is 320 g/mol. The van der Waals surface area contributed by atoms with Gasteiger partial charge in [-0.2, -0.15) is 5.26 Å². The summed E-state index contributed by atoms with van der Waals surface area (Å²) >= 11 is 1.08. The summed E-state index contributed by atoms with van der Waals surface area (Å²) in [5.74, 6) is 0.492. The van der Waals surface area contributed by atoms with Crippen LogP contribution in [0.3, 0.4) is 0 Å². The Hall–Kier alpha value is -2.97. The average molecular weight is 320 g/mol. The molecule has 1 aliphatic rings. The summed E-state index contributed by atoms with van der Waals surface area (Å²) in [5.41, 5.74) is 2.03. The van der Waals surface area contributed by atoms with Crippen LogP contribution >= 0.6 is 11.8 Å². The number of carbonyl (C=O) groups excluding carboxylic acids is 1. The SMILES string of the molecule is N#CSc1ccc(NC(=O)C2=Cc3ccccc3OC=C2)cc1. The molecule has 5 heteroatoms. The standard InChI is InChI=1S/C18H12N2O2S/c19-12-23-16-7-5-15(6-8-16)20-18(21)14-9-10-22-17-4-2-1-3-13(17)11-14/h1-11H,(H,20,21). The van der Waals surface area contributed by atoms with Crippen LogP contribution in [0.4, 0.5) is 5.69 Å². The quantitative estimate of drug-likeness (QED) is 0.680. The summed E-state index contributed by atoms with van der Waals surface area (Å²) in [6, 6.07) is 14.6. The maximum absolute atomic E-state index is 12.4. The third kappa shape index (κ3) is 3.62. The van der Waals surface area contributed by atoms with E-state index in [9.17, 15) is 4.79 Å². The van der Waals surface area contributed by atoms with Gasteiger partial charge in [0.25, 0.3) is 5.91 Å². The molecule has 112 valence electrons. The van der Waals surface area contributed by atoms with E-state index in [2.05, 4.69) is 5.32 Å². The van der Waals surface area contributed by atoms with E-state index in [1.807, 2.05) is 29.7 Å². The maximum atomic E-state index is 12.4. The lowest BCUT2D eigenvalue weighted by Gasteiger charge is -2.06. The number of hydrogen-bond donors (Lipinski definition) is 1. The van der Waals surface area contributed by atoms with Crippen LogP contribution in [0.2, 0.25) is 0 Å². The molecule has 0 spiro atoms. The van der Waals surface area contributed by atoms with Crippen molar-refractivity contribution in [1.29, 1.82) is 5.26 Å². The van der Waals surface area contributed by atoms with Crippen LogP contribution < -0.4 is 10.1 Å². The number of hydrogen-bond acceptors (Lipinski definition) is 4. The lowest BCUT2D eigenvalue weighted by molar-refractivity contribution is -0.112. The molecule has 0 atom stereocenters. The highest BCUT2D eigenvalue weighted by Gasteiger charge is 2.11. The second-order valence-corrected chi connectivity index (χ2v) is 5.59. The molecule has 3 rings (SSSR count). The van der Waals surface area contributed by atoms with E-state index in [0.29, 0.717) is 17.0 Å². The largest absolute Gasteiger partial charge is 0.464 e. The smallest absolute Gasteiger partial charge is 0.255 e. The van der Waals surface area contributed by atoms with Gasteiger partial charge in [0.1, 0.15) is 11.2 Å². The predicted molar refractivity (Wildman–Crippen MR) is 90.7 cm³/mol. The average Bonchev–Trinajstić information content (AvgIpc) is 2.79. The Morgan fingerprint density at radius 1 is 1.13 bits per heavy atom. The summed E-state index contributed by atoms with van der Waals surface area (Å²) in [6.45, 7) is 0. The number of thioether (sulfide) groups is 1. The zero-order chi connectivity index (χ0) is 16.1. The van der Waals surface area contributed by atoms with Crippen molar-refractivity contribution in [2.75, 3.05) is 5.32 Å². The van der Waals surface area contributed by atoms with Gasteiger partial charge in [0.05, 0.1) is 6.26 Å². The van der Waals surface area contributed by atoms with Crippen molar-refractivity contribution in [2.45, 2.75) is 4.90 Å². The molecule has 0 saturated heterocycles. The van der Waals surface area contributed by atoms with Gasteiger partial charge in [0, 0.05) is 21.7 Å². The molecule has 0 bridgehead atoms.